The maximum atomic E-state index is 13.4. The summed E-state index contributed by atoms with van der Waals surface area (Å²) in [6, 6.07) is 27.0. The molecule has 1 N–H and O–H groups in total. The highest BCUT2D eigenvalue weighted by molar-refractivity contribution is 6.99. The van der Waals surface area contributed by atoms with Crippen molar-refractivity contribution in [2.24, 2.45) is 5.92 Å². The largest absolute Gasteiger partial charge is 0.401 e. The van der Waals surface area contributed by atoms with Gasteiger partial charge in [0.05, 0.1) is 23.3 Å². The number of imide groups is 1. The normalized spacial score (nSPS) is 23.7. The highest BCUT2D eigenvalue weighted by atomic mass is 28.4. The van der Waals surface area contributed by atoms with Crippen molar-refractivity contribution in [1.29, 1.82) is 0 Å². The number of hydrogen-bond acceptors (Lipinski definition) is 5. The van der Waals surface area contributed by atoms with Gasteiger partial charge >= 0.3 is 0 Å². The van der Waals surface area contributed by atoms with Crippen molar-refractivity contribution in [2.45, 2.75) is 50.5 Å². The lowest BCUT2D eigenvalue weighted by molar-refractivity contribution is -0.0284. The van der Waals surface area contributed by atoms with Crippen molar-refractivity contribution in [3.8, 4) is 0 Å². The Labute approximate surface area is 225 Å². The average Bonchev–Trinajstić information content (AvgIpc) is 3.40. The summed E-state index contributed by atoms with van der Waals surface area (Å²) in [4.78, 5) is 28.1. The van der Waals surface area contributed by atoms with E-state index in [0.29, 0.717) is 17.5 Å². The highest BCUT2D eigenvalue weighted by Crippen LogP contribution is 2.43. The van der Waals surface area contributed by atoms with Crippen LogP contribution in [-0.2, 0) is 9.16 Å². The number of hydrogen-bond donors (Lipinski definition) is 1. The van der Waals surface area contributed by atoms with Crippen molar-refractivity contribution >= 4 is 30.5 Å². The Morgan fingerprint density at radius 1 is 0.816 bits per heavy atom. The molecule has 0 bridgehead atoms. The van der Waals surface area contributed by atoms with E-state index in [1.54, 1.807) is 31.4 Å². The van der Waals surface area contributed by atoms with Crippen LogP contribution in [0.1, 0.15) is 47.9 Å². The SMILES string of the molecule is CO[C@@H]1C(O[Si](c2ccccc2)(c2ccccc2)C(C)(C)C)[C@@H](CO)C[C@H]1N1C(=O)c2ccccc2C1=O. The van der Waals surface area contributed by atoms with Gasteiger partial charge in [-0.1, -0.05) is 93.6 Å². The molecule has 1 fully saturated rings. The van der Waals surface area contributed by atoms with Gasteiger partial charge in [0.15, 0.2) is 0 Å². The molecule has 1 heterocycles. The Bertz CT molecular complexity index is 1230. The molecule has 1 aliphatic carbocycles. The fourth-order valence-corrected chi connectivity index (χ4v) is 11.1. The third-order valence-electron chi connectivity index (χ3n) is 8.11. The molecule has 1 unspecified atom stereocenters. The predicted molar refractivity (Wildman–Crippen MR) is 149 cm³/mol. The van der Waals surface area contributed by atoms with Gasteiger partial charge in [0.1, 0.15) is 6.10 Å². The number of amides is 2. The second-order valence-electron chi connectivity index (χ2n) is 11.2. The molecule has 6 nitrogen and oxygen atoms in total. The van der Waals surface area contributed by atoms with E-state index in [2.05, 4.69) is 45.0 Å². The number of carbonyl (C=O) groups is 2. The van der Waals surface area contributed by atoms with Crippen molar-refractivity contribution in [3.63, 3.8) is 0 Å². The number of ether oxygens (including phenoxy) is 1. The zero-order valence-electron chi connectivity index (χ0n) is 22.3. The summed E-state index contributed by atoms with van der Waals surface area (Å²) in [7, 11) is -1.38. The van der Waals surface area contributed by atoms with E-state index in [4.69, 9.17) is 9.16 Å². The standard InChI is InChI=1S/C31H35NO5Si/c1-31(2,3)38(22-13-7-5-8-14-22,23-15-9-6-10-16-23)37-27-21(20-33)19-26(28(27)36-4)32-29(34)24-17-11-12-18-25(24)30(32)35/h5-18,21,26-28,33H,19-20H2,1-4H3/t21-,26-,27?,28+/m1/s1. The van der Waals surface area contributed by atoms with E-state index in [-0.39, 0.29) is 29.4 Å². The summed E-state index contributed by atoms with van der Waals surface area (Å²) in [6.07, 6.45) is -0.704. The molecule has 38 heavy (non-hydrogen) atoms. The molecule has 3 aromatic carbocycles. The maximum Gasteiger partial charge on any atom is 0.261 e. The molecule has 1 saturated carbocycles. The second-order valence-corrected chi connectivity index (χ2v) is 15.5. The van der Waals surface area contributed by atoms with Gasteiger partial charge in [-0.3, -0.25) is 14.5 Å². The van der Waals surface area contributed by atoms with Crippen LogP contribution in [-0.4, -0.2) is 62.1 Å². The van der Waals surface area contributed by atoms with Crippen LogP contribution < -0.4 is 10.4 Å². The van der Waals surface area contributed by atoms with Gasteiger partial charge in [-0.2, -0.15) is 0 Å². The van der Waals surface area contributed by atoms with Crippen LogP contribution in [0.15, 0.2) is 84.9 Å². The number of benzene rings is 3. The molecule has 0 spiro atoms. The van der Waals surface area contributed by atoms with Crippen LogP contribution in [0.3, 0.4) is 0 Å². The molecular formula is C31H35NO5Si. The first-order chi connectivity index (χ1) is 18.2. The summed E-state index contributed by atoms with van der Waals surface area (Å²) in [6.45, 7) is 6.46. The van der Waals surface area contributed by atoms with Gasteiger partial charge in [-0.25, -0.2) is 0 Å². The van der Waals surface area contributed by atoms with Crippen LogP contribution in [0.25, 0.3) is 0 Å². The van der Waals surface area contributed by atoms with Crippen LogP contribution in [0.2, 0.25) is 5.04 Å². The number of carbonyl (C=O) groups excluding carboxylic acids is 2. The number of aliphatic hydroxyl groups is 1. The lowest BCUT2D eigenvalue weighted by atomic mass is 10.1. The Morgan fingerprint density at radius 3 is 1.71 bits per heavy atom. The van der Waals surface area contributed by atoms with Gasteiger partial charge in [-0.05, 0) is 34.0 Å². The van der Waals surface area contributed by atoms with E-state index >= 15 is 0 Å². The Balaban J connectivity index is 1.60. The van der Waals surface area contributed by atoms with Crippen LogP contribution >= 0.6 is 0 Å². The van der Waals surface area contributed by atoms with Crippen LogP contribution in [0.5, 0.6) is 0 Å². The minimum absolute atomic E-state index is 0.137. The first kappa shape index (κ1) is 26.5. The molecule has 0 saturated heterocycles. The summed E-state index contributed by atoms with van der Waals surface area (Å²) >= 11 is 0. The van der Waals surface area contributed by atoms with E-state index < -0.39 is 26.6 Å². The van der Waals surface area contributed by atoms with Gasteiger partial charge in [0, 0.05) is 19.6 Å². The smallest absolute Gasteiger partial charge is 0.261 e. The van der Waals surface area contributed by atoms with Gasteiger partial charge in [-0.15, -0.1) is 0 Å². The van der Waals surface area contributed by atoms with Gasteiger partial charge in [0.2, 0.25) is 0 Å². The summed E-state index contributed by atoms with van der Waals surface area (Å²) < 4.78 is 13.4. The molecule has 0 aromatic heterocycles. The third-order valence-corrected chi connectivity index (χ3v) is 13.1. The van der Waals surface area contributed by atoms with Crippen LogP contribution in [0, 0.1) is 5.92 Å². The van der Waals surface area contributed by atoms with E-state index in [9.17, 15) is 14.7 Å². The molecule has 3 aromatic rings. The molecule has 7 heteroatoms. The first-order valence-electron chi connectivity index (χ1n) is 13.1. The highest BCUT2D eigenvalue weighted by Gasteiger charge is 2.58. The average molecular weight is 530 g/mol. The van der Waals surface area contributed by atoms with Crippen molar-refractivity contribution in [1.82, 2.24) is 4.90 Å². The van der Waals surface area contributed by atoms with E-state index in [1.807, 2.05) is 36.4 Å². The maximum absolute atomic E-state index is 13.4. The third kappa shape index (κ3) is 4.14. The number of rotatable bonds is 7. The molecule has 4 atom stereocenters. The summed E-state index contributed by atoms with van der Waals surface area (Å²) in [5, 5.41) is 12.5. The van der Waals surface area contributed by atoms with Crippen molar-refractivity contribution in [2.75, 3.05) is 13.7 Å². The molecule has 0 radical (unpaired) electrons. The Morgan fingerprint density at radius 2 is 1.29 bits per heavy atom. The first-order valence-corrected chi connectivity index (χ1v) is 15.0. The summed E-state index contributed by atoms with van der Waals surface area (Å²) in [5.41, 5.74) is 0.813. The minimum Gasteiger partial charge on any atom is -0.401 e. The zero-order chi connectivity index (χ0) is 27.1. The zero-order valence-corrected chi connectivity index (χ0v) is 23.3. The van der Waals surface area contributed by atoms with Crippen LogP contribution in [0.4, 0.5) is 0 Å². The Hall–Kier alpha value is -3.10. The predicted octanol–water partition coefficient (Wildman–Crippen LogP) is 3.62. The molecule has 1 aliphatic heterocycles. The molecular weight excluding hydrogens is 494 g/mol. The quantitative estimate of drug-likeness (QED) is 0.374. The topological polar surface area (TPSA) is 76.1 Å². The molecule has 2 amide bonds. The minimum atomic E-state index is -2.98. The van der Waals surface area contributed by atoms with Crippen molar-refractivity contribution in [3.05, 3.63) is 96.1 Å². The lowest BCUT2D eigenvalue weighted by Crippen LogP contribution is -2.69. The number of fused-ring (bicyclic) bond motifs is 1. The molecule has 5 rings (SSSR count). The van der Waals surface area contributed by atoms with E-state index in [0.717, 1.165) is 10.4 Å². The van der Waals surface area contributed by atoms with Gasteiger partial charge in [0.25, 0.3) is 20.1 Å². The summed E-state index contributed by atoms with van der Waals surface area (Å²) in [5.74, 6) is -0.947. The monoisotopic (exact) mass is 529 g/mol. The Kier molecular flexibility index (Phi) is 7.13. The number of methoxy groups -OCH3 is 1. The molecule has 2 aliphatic rings. The lowest BCUT2D eigenvalue weighted by Gasteiger charge is -2.46. The number of aliphatic hydroxyl groups excluding tert-OH is 1. The number of nitrogens with zero attached hydrogens (tertiary/aromatic N) is 1. The second kappa shape index (κ2) is 10.2. The van der Waals surface area contributed by atoms with Gasteiger partial charge < -0.3 is 14.3 Å². The fraction of sp³-hybridized carbons (Fsp3) is 0.355. The molecule has 198 valence electrons. The fourth-order valence-electron chi connectivity index (χ4n) is 6.36. The van der Waals surface area contributed by atoms with Crippen molar-refractivity contribution < 1.29 is 23.9 Å². The van der Waals surface area contributed by atoms with E-state index in [1.165, 1.54) is 4.90 Å².